The lowest BCUT2D eigenvalue weighted by Gasteiger charge is -2.15. The average Bonchev–Trinajstić information content (AvgIpc) is 2.06. The summed E-state index contributed by atoms with van der Waals surface area (Å²) in [6.07, 6.45) is 4.52. The largest absolute Gasteiger partial charge is 0.388 e. The van der Waals surface area contributed by atoms with Gasteiger partial charge in [0.25, 0.3) is 0 Å². The van der Waals surface area contributed by atoms with Gasteiger partial charge in [0.2, 0.25) is 0 Å². The Morgan fingerprint density at radius 3 is 2.91 bits per heavy atom. The van der Waals surface area contributed by atoms with Gasteiger partial charge in [-0.3, -0.25) is 0 Å². The molecular weight excluding hydrogens is 136 g/mol. The molecular formula is C10H10O. The normalized spacial score (nSPS) is 21.4. The van der Waals surface area contributed by atoms with Gasteiger partial charge in [-0.05, 0) is 17.5 Å². The van der Waals surface area contributed by atoms with E-state index in [1.165, 1.54) is 0 Å². The van der Waals surface area contributed by atoms with Crippen LogP contribution in [0.3, 0.4) is 0 Å². The lowest BCUT2D eigenvalue weighted by Crippen LogP contribution is -2.01. The van der Waals surface area contributed by atoms with Gasteiger partial charge in [0.1, 0.15) is 0 Å². The first-order chi connectivity index (χ1) is 5.38. The van der Waals surface area contributed by atoms with E-state index >= 15 is 0 Å². The van der Waals surface area contributed by atoms with Gasteiger partial charge in [0.05, 0.1) is 6.10 Å². The summed E-state index contributed by atoms with van der Waals surface area (Å²) in [4.78, 5) is 0. The second kappa shape index (κ2) is 2.51. The van der Waals surface area contributed by atoms with Crippen molar-refractivity contribution in [1.82, 2.24) is 0 Å². The molecule has 0 aliphatic heterocycles. The van der Waals surface area contributed by atoms with Crippen LogP contribution in [0.1, 0.15) is 23.7 Å². The molecule has 56 valence electrons. The Morgan fingerprint density at radius 2 is 2.09 bits per heavy atom. The molecule has 1 heteroatoms. The number of aliphatic hydroxyl groups excluding tert-OH is 1. The highest BCUT2D eigenvalue weighted by Gasteiger charge is 2.11. The van der Waals surface area contributed by atoms with E-state index in [9.17, 15) is 5.11 Å². The average molecular weight is 146 g/mol. The zero-order valence-corrected chi connectivity index (χ0v) is 6.20. The van der Waals surface area contributed by atoms with E-state index in [1.54, 1.807) is 0 Å². The van der Waals surface area contributed by atoms with Crippen LogP contribution in [0.25, 0.3) is 6.08 Å². The minimum atomic E-state index is -0.295. The molecule has 0 saturated heterocycles. The van der Waals surface area contributed by atoms with Crippen molar-refractivity contribution < 1.29 is 5.11 Å². The standard InChI is InChI=1S/C10H10O/c11-10-7-3-5-8-4-1-2-6-9(8)10/h1-6,10-11H,7H2. The minimum Gasteiger partial charge on any atom is -0.388 e. The Balaban J connectivity index is 2.54. The van der Waals surface area contributed by atoms with Crippen molar-refractivity contribution in [1.29, 1.82) is 0 Å². The first-order valence-electron chi connectivity index (χ1n) is 3.81. The van der Waals surface area contributed by atoms with Gasteiger partial charge < -0.3 is 5.11 Å². The molecule has 1 aromatic carbocycles. The quantitative estimate of drug-likeness (QED) is 0.594. The fourth-order valence-corrected chi connectivity index (χ4v) is 1.42. The molecule has 0 fully saturated rings. The summed E-state index contributed by atoms with van der Waals surface area (Å²) in [5.41, 5.74) is 2.20. The summed E-state index contributed by atoms with van der Waals surface area (Å²) in [5.74, 6) is 0. The van der Waals surface area contributed by atoms with Crippen LogP contribution in [-0.2, 0) is 0 Å². The van der Waals surface area contributed by atoms with Crippen molar-refractivity contribution in [3.8, 4) is 0 Å². The van der Waals surface area contributed by atoms with Crippen LogP contribution in [0.15, 0.2) is 30.3 Å². The fourth-order valence-electron chi connectivity index (χ4n) is 1.42. The molecule has 0 saturated carbocycles. The third-order valence-corrected chi connectivity index (χ3v) is 2.01. The van der Waals surface area contributed by atoms with Gasteiger partial charge >= 0.3 is 0 Å². The molecule has 1 unspecified atom stereocenters. The van der Waals surface area contributed by atoms with Crippen molar-refractivity contribution in [2.75, 3.05) is 0 Å². The summed E-state index contributed by atoms with van der Waals surface area (Å²) in [6.45, 7) is 0. The van der Waals surface area contributed by atoms with E-state index in [0.717, 1.165) is 17.5 Å². The van der Waals surface area contributed by atoms with Crippen LogP contribution >= 0.6 is 0 Å². The third-order valence-electron chi connectivity index (χ3n) is 2.01. The van der Waals surface area contributed by atoms with E-state index in [4.69, 9.17) is 0 Å². The van der Waals surface area contributed by atoms with Gasteiger partial charge in [-0.1, -0.05) is 36.4 Å². The van der Waals surface area contributed by atoms with Crippen molar-refractivity contribution >= 4 is 6.08 Å². The molecule has 1 aliphatic carbocycles. The van der Waals surface area contributed by atoms with Crippen molar-refractivity contribution in [3.63, 3.8) is 0 Å². The van der Waals surface area contributed by atoms with E-state index in [1.807, 2.05) is 30.3 Å². The predicted molar refractivity (Wildman–Crippen MR) is 45.1 cm³/mol. The third kappa shape index (κ3) is 1.08. The molecule has 0 bridgehead atoms. The van der Waals surface area contributed by atoms with Crippen LogP contribution in [0.2, 0.25) is 0 Å². The number of rotatable bonds is 0. The predicted octanol–water partition coefficient (Wildman–Crippen LogP) is 2.14. The first kappa shape index (κ1) is 6.62. The maximum Gasteiger partial charge on any atom is 0.0830 e. The molecule has 11 heavy (non-hydrogen) atoms. The van der Waals surface area contributed by atoms with Gasteiger partial charge in [-0.15, -0.1) is 0 Å². The number of aliphatic hydroxyl groups is 1. The summed E-state index contributed by atoms with van der Waals surface area (Å²) in [7, 11) is 0. The van der Waals surface area contributed by atoms with Crippen molar-refractivity contribution in [2.45, 2.75) is 12.5 Å². The summed E-state index contributed by atoms with van der Waals surface area (Å²) in [6, 6.07) is 7.94. The topological polar surface area (TPSA) is 20.2 Å². The van der Waals surface area contributed by atoms with E-state index < -0.39 is 0 Å². The lowest BCUT2D eigenvalue weighted by atomic mass is 9.95. The molecule has 0 spiro atoms. The maximum atomic E-state index is 9.51. The summed E-state index contributed by atoms with van der Waals surface area (Å²) < 4.78 is 0. The fraction of sp³-hybridized carbons (Fsp3) is 0.200. The van der Waals surface area contributed by atoms with Gasteiger partial charge in [0, 0.05) is 0 Å². The smallest absolute Gasteiger partial charge is 0.0830 e. The van der Waals surface area contributed by atoms with Crippen molar-refractivity contribution in [2.24, 2.45) is 0 Å². The number of hydrogen-bond donors (Lipinski definition) is 1. The summed E-state index contributed by atoms with van der Waals surface area (Å²) >= 11 is 0. The van der Waals surface area contributed by atoms with E-state index in [0.29, 0.717) is 0 Å². The van der Waals surface area contributed by atoms with E-state index in [-0.39, 0.29) is 6.10 Å². The lowest BCUT2D eigenvalue weighted by molar-refractivity contribution is 0.180. The molecule has 1 N–H and O–H groups in total. The molecule has 1 aromatic rings. The molecule has 1 nitrogen and oxygen atoms in total. The molecule has 1 atom stereocenters. The van der Waals surface area contributed by atoms with Crippen LogP contribution in [0, 0.1) is 0 Å². The number of fused-ring (bicyclic) bond motifs is 1. The molecule has 0 aromatic heterocycles. The highest BCUT2D eigenvalue weighted by molar-refractivity contribution is 5.56. The van der Waals surface area contributed by atoms with Gasteiger partial charge in [-0.2, -0.15) is 0 Å². The molecule has 0 radical (unpaired) electrons. The second-order valence-electron chi connectivity index (χ2n) is 2.78. The number of hydrogen-bond acceptors (Lipinski definition) is 1. The van der Waals surface area contributed by atoms with Crippen LogP contribution in [-0.4, -0.2) is 5.11 Å². The zero-order valence-electron chi connectivity index (χ0n) is 6.20. The van der Waals surface area contributed by atoms with Gasteiger partial charge in [0.15, 0.2) is 0 Å². The zero-order chi connectivity index (χ0) is 7.68. The highest BCUT2D eigenvalue weighted by atomic mass is 16.3. The summed E-state index contributed by atoms with van der Waals surface area (Å²) in [5, 5.41) is 9.51. The maximum absolute atomic E-state index is 9.51. The second-order valence-corrected chi connectivity index (χ2v) is 2.78. The van der Waals surface area contributed by atoms with Crippen molar-refractivity contribution in [3.05, 3.63) is 41.5 Å². The Labute approximate surface area is 66.0 Å². The van der Waals surface area contributed by atoms with Crippen LogP contribution in [0.4, 0.5) is 0 Å². The Bertz CT molecular complexity index is 289. The first-order valence-corrected chi connectivity index (χ1v) is 3.81. The monoisotopic (exact) mass is 146 g/mol. The van der Waals surface area contributed by atoms with Gasteiger partial charge in [-0.25, -0.2) is 0 Å². The Hall–Kier alpha value is -1.08. The molecule has 0 amide bonds. The molecule has 1 aliphatic rings. The molecule has 2 rings (SSSR count). The SMILES string of the molecule is OC1CC=Cc2ccccc21. The van der Waals surface area contributed by atoms with Crippen LogP contribution < -0.4 is 0 Å². The Kier molecular flexibility index (Phi) is 1.51. The van der Waals surface area contributed by atoms with Crippen LogP contribution in [0.5, 0.6) is 0 Å². The Morgan fingerprint density at radius 1 is 1.27 bits per heavy atom. The van der Waals surface area contributed by atoms with E-state index in [2.05, 4.69) is 6.08 Å². The highest BCUT2D eigenvalue weighted by Crippen LogP contribution is 2.26. The number of benzene rings is 1. The molecule has 0 heterocycles. The minimum absolute atomic E-state index is 0.295.